The number of rotatable bonds is 1. The van der Waals surface area contributed by atoms with Gasteiger partial charge in [-0.25, -0.2) is 4.39 Å². The highest BCUT2D eigenvalue weighted by Crippen LogP contribution is 1.83. The molecule has 0 fully saturated rings. The van der Waals surface area contributed by atoms with Gasteiger partial charge in [0.15, 0.2) is 7.85 Å². The van der Waals surface area contributed by atoms with Crippen molar-refractivity contribution in [3.8, 4) is 0 Å². The molecule has 0 rings (SSSR count). The average molecular weight is 89.9 g/mol. The van der Waals surface area contributed by atoms with Crippen molar-refractivity contribution in [3.05, 3.63) is 12.4 Å². The van der Waals surface area contributed by atoms with E-state index >= 15 is 0 Å². The number of hydrogen-bond acceptors (Lipinski definition) is 0. The van der Waals surface area contributed by atoms with E-state index in [1.807, 2.05) is 0 Å². The minimum atomic E-state index is -1.16. The molecule has 0 spiro atoms. The van der Waals surface area contributed by atoms with Crippen LogP contribution in [0.15, 0.2) is 12.4 Å². The second-order valence-electron chi connectivity index (χ2n) is 0.996. The van der Waals surface area contributed by atoms with Crippen LogP contribution in [0.5, 0.6) is 0 Å². The molecule has 0 aliphatic rings. The zero-order valence-electron chi connectivity index (χ0n) is 3.49. The van der Waals surface area contributed by atoms with Crippen LogP contribution in [0.25, 0.3) is 0 Å². The molecular formula is C3H5BF2. The van der Waals surface area contributed by atoms with E-state index in [4.69, 9.17) is 0 Å². The largest absolute Gasteiger partial charge is 0.253 e. The zero-order chi connectivity index (χ0) is 4.99. The molecule has 0 N–H and O–H groups in total. The molecule has 3 heteroatoms. The lowest BCUT2D eigenvalue weighted by atomic mass is 10.0. The van der Waals surface area contributed by atoms with Crippen LogP contribution in [0.2, 0.25) is 0 Å². The van der Waals surface area contributed by atoms with Gasteiger partial charge in [0, 0.05) is 0 Å². The third kappa shape index (κ3) is 3.66. The van der Waals surface area contributed by atoms with Crippen molar-refractivity contribution in [3.63, 3.8) is 0 Å². The van der Waals surface area contributed by atoms with Gasteiger partial charge in [-0.05, 0) is 6.08 Å². The smallest absolute Gasteiger partial charge is 0.151 e. The van der Waals surface area contributed by atoms with Gasteiger partial charge in [0.2, 0.25) is 0 Å². The van der Waals surface area contributed by atoms with Crippen molar-refractivity contribution in [2.24, 2.45) is 0 Å². The molecule has 1 unspecified atom stereocenters. The van der Waals surface area contributed by atoms with Gasteiger partial charge in [0.05, 0.1) is 12.4 Å². The van der Waals surface area contributed by atoms with E-state index in [2.05, 4.69) is 0 Å². The highest BCUT2D eigenvalue weighted by molar-refractivity contribution is 6.12. The predicted octanol–water partition coefficient (Wildman–Crippen LogP) is 0.398. The van der Waals surface area contributed by atoms with Gasteiger partial charge < -0.3 is 0 Å². The maximum Gasteiger partial charge on any atom is 0.151 e. The molecular weight excluding hydrogens is 84.8 g/mol. The second kappa shape index (κ2) is 2.88. The molecule has 0 aromatic heterocycles. The Labute approximate surface area is 36.3 Å². The van der Waals surface area contributed by atoms with E-state index < -0.39 is 6.07 Å². The average Bonchev–Trinajstić information content (AvgIpc) is 1.35. The summed E-state index contributed by atoms with van der Waals surface area (Å²) in [5.41, 5.74) is 0. The quantitative estimate of drug-likeness (QED) is 0.408. The third-order valence-electron chi connectivity index (χ3n) is 0.338. The van der Waals surface area contributed by atoms with Crippen LogP contribution in [-0.2, 0) is 0 Å². The number of halogens is 2. The van der Waals surface area contributed by atoms with Crippen LogP contribution in [-0.4, -0.2) is 13.9 Å². The van der Waals surface area contributed by atoms with Crippen molar-refractivity contribution >= 4 is 7.85 Å². The molecule has 0 amide bonds. The van der Waals surface area contributed by atoms with Gasteiger partial charge in [-0.15, -0.1) is 0 Å². The molecule has 0 aromatic carbocycles. The van der Waals surface area contributed by atoms with Crippen molar-refractivity contribution < 1.29 is 8.78 Å². The van der Waals surface area contributed by atoms with Crippen molar-refractivity contribution in [1.82, 2.24) is 0 Å². The first-order chi connectivity index (χ1) is 2.77. The van der Waals surface area contributed by atoms with Gasteiger partial charge in [0.25, 0.3) is 0 Å². The first kappa shape index (κ1) is 5.66. The fourth-order valence-corrected chi connectivity index (χ4v) is 0.100. The minimum Gasteiger partial charge on any atom is -0.253 e. The molecule has 0 aromatic rings. The van der Waals surface area contributed by atoms with E-state index in [9.17, 15) is 8.78 Å². The van der Waals surface area contributed by atoms with E-state index in [-0.39, 0.29) is 6.33 Å². The molecule has 0 aliphatic heterocycles. The highest BCUT2D eigenvalue weighted by atomic mass is 19.1. The maximum atomic E-state index is 11.4. The Morgan fingerprint density at radius 2 is 2.17 bits per heavy atom. The highest BCUT2D eigenvalue weighted by Gasteiger charge is 1.84. The van der Waals surface area contributed by atoms with E-state index in [1.165, 1.54) is 7.85 Å². The van der Waals surface area contributed by atoms with Gasteiger partial charge >= 0.3 is 0 Å². The topological polar surface area (TPSA) is 0 Å². The Balaban J connectivity index is 3.03. The molecule has 34 valence electrons. The normalized spacial score (nSPS) is 15.7. The number of hydrogen-bond donors (Lipinski definition) is 0. The molecule has 1 atom stereocenters. The monoisotopic (exact) mass is 90.0 g/mol. The molecule has 0 heterocycles. The summed E-state index contributed by atoms with van der Waals surface area (Å²) >= 11 is 0. The lowest BCUT2D eigenvalue weighted by Crippen LogP contribution is -1.88. The summed E-state index contributed by atoms with van der Waals surface area (Å²) in [6, 6.07) is 0. The fraction of sp³-hybridized carbons (Fsp3) is 0.333. The van der Waals surface area contributed by atoms with E-state index in [0.29, 0.717) is 0 Å². The molecule has 6 heavy (non-hydrogen) atoms. The number of allylic oxidation sites excluding steroid dienone is 1. The summed E-state index contributed by atoms with van der Waals surface area (Å²) in [7, 11) is 1.26. The molecule has 0 nitrogen and oxygen atoms in total. The summed E-state index contributed by atoms with van der Waals surface area (Å²) in [6.07, 6.45) is -0.125. The Kier molecular flexibility index (Phi) is 2.72. The molecule has 0 saturated heterocycles. The predicted molar refractivity (Wildman–Crippen MR) is 23.7 cm³/mol. The summed E-state index contributed by atoms with van der Waals surface area (Å²) < 4.78 is 22.2. The van der Waals surface area contributed by atoms with Gasteiger partial charge in [-0.1, -0.05) is 0 Å². The Hall–Kier alpha value is -0.335. The molecule has 0 radical (unpaired) electrons. The van der Waals surface area contributed by atoms with E-state index in [1.54, 1.807) is 0 Å². The Morgan fingerprint density at radius 3 is 2.17 bits per heavy atom. The van der Waals surface area contributed by atoms with Crippen molar-refractivity contribution in [2.45, 2.75) is 6.07 Å². The number of alkyl halides is 1. The molecule has 0 saturated carbocycles. The first-order valence-electron chi connectivity index (χ1n) is 1.68. The summed E-state index contributed by atoms with van der Waals surface area (Å²) in [4.78, 5) is 0. The summed E-state index contributed by atoms with van der Waals surface area (Å²) in [6.45, 7) is 0. The second-order valence-corrected chi connectivity index (χ2v) is 0.996. The van der Waals surface area contributed by atoms with Crippen LogP contribution >= 0.6 is 0 Å². The standard InChI is InChI=1S/C3H5BF2/c4-3(6)1-2-5/h1-3H,4H2. The van der Waals surface area contributed by atoms with Crippen LogP contribution in [0.3, 0.4) is 0 Å². The van der Waals surface area contributed by atoms with Gasteiger partial charge in [-0.2, -0.15) is 0 Å². The zero-order valence-corrected chi connectivity index (χ0v) is 3.49. The third-order valence-corrected chi connectivity index (χ3v) is 0.338. The molecule has 0 bridgehead atoms. The summed E-state index contributed by atoms with van der Waals surface area (Å²) in [5.74, 6) is 0. The van der Waals surface area contributed by atoms with Crippen LogP contribution in [0.1, 0.15) is 0 Å². The fourth-order valence-electron chi connectivity index (χ4n) is 0.100. The van der Waals surface area contributed by atoms with E-state index in [0.717, 1.165) is 6.08 Å². The van der Waals surface area contributed by atoms with Crippen molar-refractivity contribution in [2.75, 3.05) is 0 Å². The SMILES string of the molecule is BC(F)C=CF. The van der Waals surface area contributed by atoms with Gasteiger partial charge in [0.1, 0.15) is 0 Å². The lowest BCUT2D eigenvalue weighted by Gasteiger charge is -1.80. The maximum absolute atomic E-state index is 11.4. The first-order valence-corrected chi connectivity index (χ1v) is 1.68. The summed E-state index contributed by atoms with van der Waals surface area (Å²) in [5, 5.41) is 0. The van der Waals surface area contributed by atoms with Crippen molar-refractivity contribution in [1.29, 1.82) is 0 Å². The van der Waals surface area contributed by atoms with Crippen LogP contribution in [0.4, 0.5) is 8.78 Å². The van der Waals surface area contributed by atoms with Gasteiger partial charge in [-0.3, -0.25) is 4.39 Å². The van der Waals surface area contributed by atoms with Crippen LogP contribution < -0.4 is 0 Å². The Morgan fingerprint density at radius 1 is 1.67 bits per heavy atom. The minimum absolute atomic E-state index is 0.199. The molecule has 0 aliphatic carbocycles. The Bertz CT molecular complexity index is 50.8. The lowest BCUT2D eigenvalue weighted by molar-refractivity contribution is 0.505. The van der Waals surface area contributed by atoms with Crippen LogP contribution in [0, 0.1) is 0 Å².